The molecule has 0 aliphatic heterocycles. The number of rotatable bonds is 5. The van der Waals surface area contributed by atoms with Crippen LogP contribution in [-0.2, 0) is 6.54 Å². The van der Waals surface area contributed by atoms with Gasteiger partial charge >= 0.3 is 12.0 Å². The molecule has 0 aliphatic carbocycles. The van der Waals surface area contributed by atoms with Crippen molar-refractivity contribution in [3.05, 3.63) is 39.6 Å². The molecule has 116 valence electrons. The average molecular weight is 343 g/mol. The maximum Gasteiger partial charge on any atom is 0.322 e. The van der Waals surface area contributed by atoms with Crippen LogP contribution in [0, 0.1) is 0 Å². The number of methoxy groups -OCH3 is 2. The first-order valence-corrected chi connectivity index (χ1v) is 6.85. The second kappa shape index (κ2) is 7.24. The highest BCUT2D eigenvalue weighted by Gasteiger charge is 2.12. The fraction of sp³-hybridized carbons (Fsp3) is 0.231. The van der Waals surface area contributed by atoms with E-state index < -0.39 is 0 Å². The van der Waals surface area contributed by atoms with Crippen molar-refractivity contribution in [2.45, 2.75) is 6.54 Å². The van der Waals surface area contributed by atoms with Crippen LogP contribution in [0.3, 0.4) is 0 Å². The molecule has 0 spiro atoms. The van der Waals surface area contributed by atoms with Gasteiger partial charge < -0.3 is 14.8 Å². The number of halogens is 2. The number of nitrogens with one attached hydrogen (secondary N) is 1. The van der Waals surface area contributed by atoms with E-state index in [2.05, 4.69) is 20.3 Å². The van der Waals surface area contributed by atoms with Crippen LogP contribution in [-0.4, -0.2) is 35.1 Å². The maximum atomic E-state index is 12.1. The van der Waals surface area contributed by atoms with Gasteiger partial charge in [-0.2, -0.15) is 9.97 Å². The molecular weight excluding hydrogens is 331 g/mol. The lowest BCUT2D eigenvalue weighted by molar-refractivity contribution is 0.0949. The largest absolute Gasteiger partial charge is 0.467 e. The lowest BCUT2D eigenvalue weighted by Crippen LogP contribution is -2.24. The quantitative estimate of drug-likeness (QED) is 0.895. The van der Waals surface area contributed by atoms with Crippen LogP contribution in [0.4, 0.5) is 0 Å². The van der Waals surface area contributed by atoms with E-state index >= 15 is 0 Å². The first-order valence-electron chi connectivity index (χ1n) is 6.09. The van der Waals surface area contributed by atoms with Gasteiger partial charge in [0.05, 0.1) is 31.4 Å². The Morgan fingerprint density at radius 3 is 2.32 bits per heavy atom. The van der Waals surface area contributed by atoms with Crippen LogP contribution in [0.25, 0.3) is 0 Å². The van der Waals surface area contributed by atoms with Crippen LogP contribution in [0.1, 0.15) is 16.2 Å². The summed E-state index contributed by atoms with van der Waals surface area (Å²) in [5, 5.41) is 3.36. The Morgan fingerprint density at radius 1 is 1.14 bits per heavy atom. The van der Waals surface area contributed by atoms with Gasteiger partial charge in [0.15, 0.2) is 5.82 Å². The number of carbonyl (C=O) groups excluding carboxylic acids is 1. The third kappa shape index (κ3) is 3.96. The van der Waals surface area contributed by atoms with Crippen molar-refractivity contribution in [2.75, 3.05) is 14.2 Å². The van der Waals surface area contributed by atoms with Gasteiger partial charge in [-0.15, -0.1) is 4.98 Å². The summed E-state index contributed by atoms with van der Waals surface area (Å²) in [7, 11) is 2.84. The number of ether oxygens (including phenoxy) is 2. The first kappa shape index (κ1) is 16.3. The SMILES string of the molecule is COc1nc(CNC(=O)c2ccc(Cl)cc2Cl)nc(OC)n1. The van der Waals surface area contributed by atoms with Crippen LogP contribution in [0.15, 0.2) is 18.2 Å². The normalized spacial score (nSPS) is 10.2. The highest BCUT2D eigenvalue weighted by Crippen LogP contribution is 2.20. The van der Waals surface area contributed by atoms with Crippen molar-refractivity contribution < 1.29 is 14.3 Å². The smallest absolute Gasteiger partial charge is 0.322 e. The molecule has 22 heavy (non-hydrogen) atoms. The molecule has 1 aromatic heterocycles. The minimum atomic E-state index is -0.375. The van der Waals surface area contributed by atoms with Gasteiger partial charge in [0.25, 0.3) is 5.91 Å². The van der Waals surface area contributed by atoms with Crippen molar-refractivity contribution >= 4 is 29.1 Å². The Labute approximate surface area is 136 Å². The third-order valence-corrected chi connectivity index (χ3v) is 3.14. The number of amides is 1. The van der Waals surface area contributed by atoms with E-state index in [1.807, 2.05) is 0 Å². The average Bonchev–Trinajstić information content (AvgIpc) is 2.52. The van der Waals surface area contributed by atoms with Gasteiger partial charge in [0, 0.05) is 5.02 Å². The molecule has 0 aliphatic rings. The maximum absolute atomic E-state index is 12.1. The van der Waals surface area contributed by atoms with Crippen LogP contribution in [0.5, 0.6) is 12.0 Å². The van der Waals surface area contributed by atoms with Crippen LogP contribution >= 0.6 is 23.2 Å². The zero-order valence-electron chi connectivity index (χ0n) is 11.8. The summed E-state index contributed by atoms with van der Waals surface area (Å²) >= 11 is 11.8. The van der Waals surface area contributed by atoms with E-state index in [9.17, 15) is 4.79 Å². The highest BCUT2D eigenvalue weighted by molar-refractivity contribution is 6.36. The Hall–Kier alpha value is -2.12. The molecule has 0 fully saturated rings. The molecule has 1 heterocycles. The molecule has 1 aromatic carbocycles. The predicted molar refractivity (Wildman–Crippen MR) is 80.6 cm³/mol. The molecule has 0 atom stereocenters. The van der Waals surface area contributed by atoms with Crippen molar-refractivity contribution in [1.82, 2.24) is 20.3 Å². The minimum absolute atomic E-state index is 0.0625. The molecule has 0 radical (unpaired) electrons. The summed E-state index contributed by atoms with van der Waals surface area (Å²) in [6, 6.07) is 4.81. The third-order valence-electron chi connectivity index (χ3n) is 2.59. The first-order chi connectivity index (χ1) is 10.5. The number of carbonyl (C=O) groups is 1. The van der Waals surface area contributed by atoms with Crippen molar-refractivity contribution in [1.29, 1.82) is 0 Å². The van der Waals surface area contributed by atoms with Gasteiger partial charge in [-0.3, -0.25) is 4.79 Å². The Balaban J connectivity index is 2.10. The Bertz CT molecular complexity index is 675. The van der Waals surface area contributed by atoms with E-state index in [0.717, 1.165) is 0 Å². The predicted octanol–water partition coefficient (Wildman–Crippen LogP) is 2.13. The number of hydrogen-bond donors (Lipinski definition) is 1. The molecule has 0 bridgehead atoms. The molecule has 2 aromatic rings. The molecule has 9 heteroatoms. The zero-order valence-corrected chi connectivity index (χ0v) is 13.3. The van der Waals surface area contributed by atoms with Gasteiger partial charge in [-0.25, -0.2) is 0 Å². The molecule has 2 rings (SSSR count). The second-order valence-corrected chi connectivity index (χ2v) is 4.88. The Kier molecular flexibility index (Phi) is 5.35. The van der Waals surface area contributed by atoms with E-state index in [1.54, 1.807) is 6.07 Å². The monoisotopic (exact) mass is 342 g/mol. The number of aromatic nitrogens is 3. The van der Waals surface area contributed by atoms with Gasteiger partial charge in [0.1, 0.15) is 0 Å². The fourth-order valence-corrected chi connectivity index (χ4v) is 2.06. The summed E-state index contributed by atoms with van der Waals surface area (Å²) in [5.41, 5.74) is 0.305. The molecule has 7 nitrogen and oxygen atoms in total. The second-order valence-electron chi connectivity index (χ2n) is 4.03. The zero-order chi connectivity index (χ0) is 16.1. The lowest BCUT2D eigenvalue weighted by Gasteiger charge is -2.08. The number of hydrogen-bond acceptors (Lipinski definition) is 6. The van der Waals surface area contributed by atoms with Crippen molar-refractivity contribution in [2.24, 2.45) is 0 Å². The van der Waals surface area contributed by atoms with Crippen molar-refractivity contribution in [3.8, 4) is 12.0 Å². The molecule has 0 saturated carbocycles. The lowest BCUT2D eigenvalue weighted by atomic mass is 10.2. The van der Waals surface area contributed by atoms with Crippen LogP contribution in [0.2, 0.25) is 10.0 Å². The fourth-order valence-electron chi connectivity index (χ4n) is 1.57. The molecule has 1 amide bonds. The topological polar surface area (TPSA) is 86.2 Å². The molecule has 0 unspecified atom stereocenters. The summed E-state index contributed by atoms with van der Waals surface area (Å²) in [6.07, 6.45) is 0. The Morgan fingerprint density at radius 2 is 1.77 bits per heavy atom. The van der Waals surface area contributed by atoms with Crippen molar-refractivity contribution in [3.63, 3.8) is 0 Å². The summed E-state index contributed by atoms with van der Waals surface area (Å²) in [4.78, 5) is 24.0. The number of nitrogens with zero attached hydrogens (tertiary/aromatic N) is 3. The van der Waals surface area contributed by atoms with E-state index in [1.165, 1.54) is 26.4 Å². The van der Waals surface area contributed by atoms with E-state index in [4.69, 9.17) is 32.7 Å². The molecular formula is C13H12Cl2N4O3. The minimum Gasteiger partial charge on any atom is -0.467 e. The summed E-state index contributed by atoms with van der Waals surface area (Å²) < 4.78 is 9.86. The van der Waals surface area contributed by atoms with E-state index in [-0.39, 0.29) is 29.5 Å². The molecule has 0 saturated heterocycles. The molecule has 1 N–H and O–H groups in total. The van der Waals surface area contributed by atoms with Gasteiger partial charge in [-0.05, 0) is 18.2 Å². The van der Waals surface area contributed by atoms with Crippen LogP contribution < -0.4 is 14.8 Å². The number of benzene rings is 1. The van der Waals surface area contributed by atoms with E-state index in [0.29, 0.717) is 16.4 Å². The summed E-state index contributed by atoms with van der Waals surface area (Å²) in [5.74, 6) is -0.0813. The standard InChI is InChI=1S/C13H12Cl2N4O3/c1-21-12-17-10(18-13(19-12)22-2)6-16-11(20)8-4-3-7(14)5-9(8)15/h3-5H,6H2,1-2H3,(H,16,20). The van der Waals surface area contributed by atoms with Gasteiger partial charge in [0.2, 0.25) is 0 Å². The highest BCUT2D eigenvalue weighted by atomic mass is 35.5. The van der Waals surface area contributed by atoms with Gasteiger partial charge in [-0.1, -0.05) is 23.2 Å². The summed E-state index contributed by atoms with van der Waals surface area (Å²) in [6.45, 7) is 0.0625.